The van der Waals surface area contributed by atoms with Gasteiger partial charge in [0, 0.05) is 5.75 Å². The number of nitrogens with zero attached hydrogens (tertiary/aromatic N) is 4. The van der Waals surface area contributed by atoms with Crippen molar-refractivity contribution in [1.82, 2.24) is 25.1 Å². The van der Waals surface area contributed by atoms with Gasteiger partial charge in [0.2, 0.25) is 4.96 Å². The monoisotopic (exact) mass is 461 g/mol. The van der Waals surface area contributed by atoms with Crippen LogP contribution >= 0.6 is 23.1 Å². The van der Waals surface area contributed by atoms with Crippen LogP contribution in [0.4, 0.5) is 4.79 Å². The fourth-order valence-electron chi connectivity index (χ4n) is 3.14. The van der Waals surface area contributed by atoms with Crippen molar-refractivity contribution in [2.24, 2.45) is 5.92 Å². The number of benzene rings is 1. The summed E-state index contributed by atoms with van der Waals surface area (Å²) in [5, 5.41) is 16.3. The van der Waals surface area contributed by atoms with Crippen molar-refractivity contribution in [3.63, 3.8) is 0 Å². The number of ether oxygens (including phenoxy) is 1. The lowest BCUT2D eigenvalue weighted by atomic mass is 10.0. The first kappa shape index (κ1) is 23.5. The molecule has 1 aromatic carbocycles. The van der Waals surface area contributed by atoms with Crippen LogP contribution in [0.2, 0.25) is 0 Å². The zero-order chi connectivity index (χ0) is 22.8. The summed E-state index contributed by atoms with van der Waals surface area (Å²) in [6.45, 7) is 14.0. The minimum Gasteiger partial charge on any atom is -0.444 e. The molecule has 1 atom stereocenters. The number of hydrogen-bond donors (Lipinski definition) is 1. The van der Waals surface area contributed by atoms with E-state index < -0.39 is 11.7 Å². The third kappa shape index (κ3) is 6.43. The minimum absolute atomic E-state index is 0.330. The molecule has 2 heterocycles. The quantitative estimate of drug-likeness (QED) is 0.454. The first-order chi connectivity index (χ1) is 14.5. The Balaban J connectivity index is 1.79. The van der Waals surface area contributed by atoms with Crippen LogP contribution in [0.3, 0.4) is 0 Å². The highest BCUT2D eigenvalue weighted by molar-refractivity contribution is 8.00. The van der Waals surface area contributed by atoms with Crippen molar-refractivity contribution >= 4 is 34.2 Å². The third-order valence-corrected chi connectivity index (χ3v) is 6.64. The van der Waals surface area contributed by atoms with Crippen LogP contribution in [-0.4, -0.2) is 31.5 Å². The van der Waals surface area contributed by atoms with Crippen molar-refractivity contribution in [3.05, 3.63) is 40.7 Å². The van der Waals surface area contributed by atoms with Gasteiger partial charge in [-0.25, -0.2) is 4.79 Å². The average Bonchev–Trinajstić information content (AvgIpc) is 3.20. The number of nitrogens with one attached hydrogen (secondary N) is 1. The Bertz CT molecular complexity index is 1050. The van der Waals surface area contributed by atoms with Gasteiger partial charge in [-0.2, -0.15) is 4.52 Å². The van der Waals surface area contributed by atoms with E-state index in [1.54, 1.807) is 16.3 Å². The Kier molecular flexibility index (Phi) is 7.26. The van der Waals surface area contributed by atoms with Crippen LogP contribution in [0.15, 0.2) is 22.5 Å². The molecule has 0 radical (unpaired) electrons. The molecule has 168 valence electrons. The zero-order valence-electron chi connectivity index (χ0n) is 19.2. The average molecular weight is 462 g/mol. The topological polar surface area (TPSA) is 81.4 Å². The standard InChI is InChI=1S/C22H31N5O2S2/c1-13(2)10-17(23-20(28)29-22(5,6)7)18-24-25-19-27(18)26-21(31-19)30-12-16-11-14(3)8-9-15(16)4/h8-9,11,13,17H,10,12H2,1-7H3,(H,23,28). The number of thioether (sulfide) groups is 1. The van der Waals surface area contributed by atoms with E-state index in [1.807, 2.05) is 20.8 Å². The van der Waals surface area contributed by atoms with Gasteiger partial charge < -0.3 is 10.1 Å². The van der Waals surface area contributed by atoms with E-state index in [4.69, 9.17) is 9.84 Å². The highest BCUT2D eigenvalue weighted by Crippen LogP contribution is 2.30. The van der Waals surface area contributed by atoms with Gasteiger partial charge in [-0.3, -0.25) is 0 Å². The van der Waals surface area contributed by atoms with E-state index >= 15 is 0 Å². The van der Waals surface area contributed by atoms with Crippen LogP contribution in [-0.2, 0) is 10.5 Å². The van der Waals surface area contributed by atoms with Gasteiger partial charge in [-0.1, -0.05) is 60.7 Å². The van der Waals surface area contributed by atoms with Crippen molar-refractivity contribution in [1.29, 1.82) is 0 Å². The van der Waals surface area contributed by atoms with Gasteiger partial charge in [-0.05, 0) is 58.1 Å². The number of fused-ring (bicyclic) bond motifs is 1. The Morgan fingerprint density at radius 1 is 1.26 bits per heavy atom. The van der Waals surface area contributed by atoms with Crippen molar-refractivity contribution in [2.45, 2.75) is 76.6 Å². The molecule has 1 amide bonds. The lowest BCUT2D eigenvalue weighted by Gasteiger charge is -2.23. The Labute approximate surface area is 192 Å². The molecule has 7 nitrogen and oxygen atoms in total. The molecule has 31 heavy (non-hydrogen) atoms. The number of hydrogen-bond acceptors (Lipinski definition) is 7. The molecule has 0 saturated carbocycles. The van der Waals surface area contributed by atoms with E-state index in [0.29, 0.717) is 18.2 Å². The van der Waals surface area contributed by atoms with E-state index in [2.05, 4.69) is 61.4 Å². The maximum atomic E-state index is 12.4. The second kappa shape index (κ2) is 9.56. The van der Waals surface area contributed by atoms with Crippen molar-refractivity contribution in [2.75, 3.05) is 0 Å². The van der Waals surface area contributed by atoms with Gasteiger partial charge in [0.15, 0.2) is 10.2 Å². The first-order valence-corrected chi connectivity index (χ1v) is 12.2. The molecule has 2 aromatic heterocycles. The summed E-state index contributed by atoms with van der Waals surface area (Å²) in [6.07, 6.45) is 0.248. The second-order valence-electron chi connectivity index (χ2n) is 9.17. The highest BCUT2D eigenvalue weighted by Gasteiger charge is 2.26. The molecule has 0 spiro atoms. The Morgan fingerprint density at radius 2 is 2.00 bits per heavy atom. The van der Waals surface area contributed by atoms with Gasteiger partial charge in [0.1, 0.15) is 5.60 Å². The predicted octanol–water partition coefficient (Wildman–Crippen LogP) is 5.71. The van der Waals surface area contributed by atoms with E-state index in [-0.39, 0.29) is 6.04 Å². The highest BCUT2D eigenvalue weighted by atomic mass is 32.2. The van der Waals surface area contributed by atoms with Gasteiger partial charge in [0.05, 0.1) is 6.04 Å². The molecular weight excluding hydrogens is 430 g/mol. The summed E-state index contributed by atoms with van der Waals surface area (Å²) < 4.78 is 8.12. The largest absolute Gasteiger partial charge is 0.444 e. The number of rotatable bonds is 7. The summed E-state index contributed by atoms with van der Waals surface area (Å²) >= 11 is 3.20. The summed E-state index contributed by atoms with van der Waals surface area (Å²) in [6, 6.07) is 6.17. The molecular formula is C22H31N5O2S2. The van der Waals surface area contributed by atoms with Crippen LogP contribution in [0.25, 0.3) is 4.96 Å². The molecule has 0 aliphatic carbocycles. The number of aromatic nitrogens is 4. The van der Waals surface area contributed by atoms with Crippen molar-refractivity contribution < 1.29 is 9.53 Å². The van der Waals surface area contributed by atoms with Gasteiger partial charge in [0.25, 0.3) is 0 Å². The molecule has 1 N–H and O–H groups in total. The van der Waals surface area contributed by atoms with Crippen LogP contribution in [0.5, 0.6) is 0 Å². The first-order valence-electron chi connectivity index (χ1n) is 10.4. The van der Waals surface area contributed by atoms with E-state index in [0.717, 1.165) is 15.1 Å². The van der Waals surface area contributed by atoms with Crippen LogP contribution in [0.1, 0.15) is 69.6 Å². The van der Waals surface area contributed by atoms with Crippen LogP contribution < -0.4 is 5.32 Å². The molecule has 0 fully saturated rings. The second-order valence-corrected chi connectivity index (χ2v) is 11.3. The maximum Gasteiger partial charge on any atom is 0.408 e. The Hall–Kier alpha value is -2.13. The normalized spacial score (nSPS) is 13.0. The molecule has 0 aliphatic heterocycles. The molecule has 0 saturated heterocycles. The van der Waals surface area contributed by atoms with Crippen molar-refractivity contribution in [3.8, 4) is 0 Å². The summed E-state index contributed by atoms with van der Waals surface area (Å²) in [4.78, 5) is 13.1. The molecule has 1 unspecified atom stereocenters. The summed E-state index contributed by atoms with van der Waals surface area (Å²) in [5.41, 5.74) is 3.28. The van der Waals surface area contributed by atoms with E-state index in [9.17, 15) is 4.79 Å². The molecule has 0 bridgehead atoms. The van der Waals surface area contributed by atoms with Gasteiger partial charge >= 0.3 is 6.09 Å². The van der Waals surface area contributed by atoms with E-state index in [1.165, 1.54) is 28.0 Å². The minimum atomic E-state index is -0.564. The number of carbonyl (C=O) groups excluding carboxylic acids is 1. The number of amides is 1. The third-order valence-electron chi connectivity index (χ3n) is 4.56. The summed E-state index contributed by atoms with van der Waals surface area (Å²) in [7, 11) is 0. The molecule has 3 rings (SSSR count). The fraction of sp³-hybridized carbons (Fsp3) is 0.545. The lowest BCUT2D eigenvalue weighted by molar-refractivity contribution is 0.0494. The smallest absolute Gasteiger partial charge is 0.408 e. The summed E-state index contributed by atoms with van der Waals surface area (Å²) in [5.74, 6) is 1.83. The Morgan fingerprint density at radius 3 is 2.68 bits per heavy atom. The number of carbonyl (C=O) groups is 1. The number of alkyl carbamates (subject to hydrolysis) is 1. The SMILES string of the molecule is Cc1ccc(C)c(CSc2nn3c(C(CC(C)C)NC(=O)OC(C)(C)C)nnc3s2)c1. The molecule has 9 heteroatoms. The number of aryl methyl sites for hydroxylation is 2. The van der Waals surface area contributed by atoms with Crippen LogP contribution in [0, 0.1) is 19.8 Å². The molecule has 0 aliphatic rings. The lowest BCUT2D eigenvalue weighted by Crippen LogP contribution is -2.36. The fourth-order valence-corrected chi connectivity index (χ4v) is 5.08. The maximum absolute atomic E-state index is 12.4. The zero-order valence-corrected chi connectivity index (χ0v) is 20.9. The predicted molar refractivity (Wildman–Crippen MR) is 126 cm³/mol. The van der Waals surface area contributed by atoms with Gasteiger partial charge in [-0.15, -0.1) is 15.3 Å². The molecule has 3 aromatic rings.